The first-order valence-corrected chi connectivity index (χ1v) is 8.26. The van der Waals surface area contributed by atoms with Gasteiger partial charge < -0.3 is 4.74 Å². The van der Waals surface area contributed by atoms with Gasteiger partial charge in [0.05, 0.1) is 23.0 Å². The lowest BCUT2D eigenvalue weighted by atomic mass is 9.57. The molecule has 2 aliphatic rings. The zero-order valence-electron chi connectivity index (χ0n) is 15.2. The summed E-state index contributed by atoms with van der Waals surface area (Å²) in [6, 6.07) is 0. The van der Waals surface area contributed by atoms with E-state index in [0.29, 0.717) is 12.2 Å². The van der Waals surface area contributed by atoms with Crippen molar-refractivity contribution in [3.05, 3.63) is 11.6 Å². The largest absolute Gasteiger partial charge is 0.343 e. The molecule has 1 aliphatic heterocycles. The summed E-state index contributed by atoms with van der Waals surface area (Å²) in [4.78, 5) is 37.1. The molecule has 0 spiro atoms. The highest BCUT2D eigenvalue weighted by atomic mass is 17.2. The predicted molar refractivity (Wildman–Crippen MR) is 85.5 cm³/mol. The van der Waals surface area contributed by atoms with E-state index in [9.17, 15) is 9.59 Å². The van der Waals surface area contributed by atoms with Crippen molar-refractivity contribution in [2.75, 3.05) is 6.61 Å². The summed E-state index contributed by atoms with van der Waals surface area (Å²) in [6.07, 6.45) is 3.49. The van der Waals surface area contributed by atoms with Crippen LogP contribution in [0.25, 0.3) is 0 Å². The van der Waals surface area contributed by atoms with E-state index in [2.05, 4.69) is 0 Å². The molecule has 23 heavy (non-hydrogen) atoms. The average Bonchev–Trinajstić information content (AvgIpc) is 2.45. The molecule has 0 aromatic heterocycles. The second kappa shape index (κ2) is 5.50. The van der Waals surface area contributed by atoms with Gasteiger partial charge in [-0.15, -0.1) is 0 Å². The molecule has 1 aliphatic carbocycles. The third kappa shape index (κ3) is 2.59. The number of Topliss-reactive ketones (excluding diaryl/α,β-unsaturated/α-hetero) is 2. The van der Waals surface area contributed by atoms with Crippen molar-refractivity contribution in [3.63, 3.8) is 0 Å². The van der Waals surface area contributed by atoms with Gasteiger partial charge in [0.15, 0.2) is 11.6 Å². The molecule has 5 heteroatoms. The summed E-state index contributed by atoms with van der Waals surface area (Å²) in [5.41, 5.74) is -2.52. The Morgan fingerprint density at radius 1 is 1.04 bits per heavy atom. The first kappa shape index (κ1) is 18.3. The Kier molecular flexibility index (Phi) is 4.38. The highest BCUT2D eigenvalue weighted by molar-refractivity contribution is 6.19. The van der Waals surface area contributed by atoms with Crippen LogP contribution in [0.2, 0.25) is 0 Å². The van der Waals surface area contributed by atoms with Gasteiger partial charge in [0.1, 0.15) is 5.60 Å². The molecule has 2 rings (SSSR count). The lowest BCUT2D eigenvalue weighted by Gasteiger charge is -2.54. The Labute approximate surface area is 138 Å². The van der Waals surface area contributed by atoms with Crippen molar-refractivity contribution < 1.29 is 24.1 Å². The molecule has 1 atom stereocenters. The van der Waals surface area contributed by atoms with Gasteiger partial charge in [-0.1, -0.05) is 13.3 Å². The third-order valence-corrected chi connectivity index (χ3v) is 4.79. The molecule has 0 radical (unpaired) electrons. The quantitative estimate of drug-likeness (QED) is 0.451. The topological polar surface area (TPSA) is 61.8 Å². The average molecular weight is 324 g/mol. The van der Waals surface area contributed by atoms with Gasteiger partial charge in [0.25, 0.3) is 0 Å². The normalized spacial score (nSPS) is 31.5. The van der Waals surface area contributed by atoms with Crippen LogP contribution in [0.1, 0.15) is 61.3 Å². The molecular formula is C18H28O5. The molecular weight excluding hydrogens is 296 g/mol. The van der Waals surface area contributed by atoms with E-state index in [1.165, 1.54) is 0 Å². The highest BCUT2D eigenvalue weighted by Crippen LogP contribution is 2.54. The zero-order chi connectivity index (χ0) is 17.7. The van der Waals surface area contributed by atoms with Crippen LogP contribution < -0.4 is 0 Å². The first-order chi connectivity index (χ1) is 10.4. The van der Waals surface area contributed by atoms with Gasteiger partial charge in [-0.2, -0.15) is 4.89 Å². The number of carbonyl (C=O) groups excluding carboxylic acids is 2. The molecule has 130 valence electrons. The van der Waals surface area contributed by atoms with Gasteiger partial charge in [-0.25, -0.2) is 4.89 Å². The molecule has 1 fully saturated rings. The monoisotopic (exact) mass is 324 g/mol. The minimum Gasteiger partial charge on any atom is -0.343 e. The van der Waals surface area contributed by atoms with Crippen molar-refractivity contribution in [2.24, 2.45) is 10.8 Å². The Balaban J connectivity index is 2.61. The molecule has 0 N–H and O–H groups in total. The van der Waals surface area contributed by atoms with E-state index < -0.39 is 22.2 Å². The minimum absolute atomic E-state index is 0.202. The lowest BCUT2D eigenvalue weighted by Crippen LogP contribution is -2.67. The van der Waals surface area contributed by atoms with Crippen molar-refractivity contribution >= 4 is 11.6 Å². The molecule has 0 amide bonds. The lowest BCUT2D eigenvalue weighted by molar-refractivity contribution is -0.470. The zero-order valence-corrected chi connectivity index (χ0v) is 15.2. The number of hydrogen-bond donors (Lipinski definition) is 0. The fraction of sp³-hybridized carbons (Fsp3) is 0.778. The van der Waals surface area contributed by atoms with Gasteiger partial charge in [0.2, 0.25) is 5.79 Å². The van der Waals surface area contributed by atoms with Crippen LogP contribution in [0.3, 0.4) is 0 Å². The van der Waals surface area contributed by atoms with Crippen LogP contribution in [-0.4, -0.2) is 29.6 Å². The second-order valence-electron chi connectivity index (χ2n) is 8.05. The SMILES string of the molecule is CCCCOC12OOC(C)(C)C=C1C(=O)C(C)(C)C(=O)C2(C)C. The highest BCUT2D eigenvalue weighted by Gasteiger charge is 2.68. The third-order valence-electron chi connectivity index (χ3n) is 4.79. The number of unbranched alkanes of at least 4 members (excludes halogenated alkanes) is 1. The van der Waals surface area contributed by atoms with Crippen LogP contribution in [0.15, 0.2) is 11.6 Å². The molecule has 0 saturated heterocycles. The van der Waals surface area contributed by atoms with Crippen LogP contribution >= 0.6 is 0 Å². The van der Waals surface area contributed by atoms with Gasteiger partial charge in [0, 0.05) is 0 Å². The number of ether oxygens (including phenoxy) is 1. The summed E-state index contributed by atoms with van der Waals surface area (Å²) >= 11 is 0. The van der Waals surface area contributed by atoms with E-state index in [0.717, 1.165) is 12.8 Å². The maximum atomic E-state index is 13.0. The predicted octanol–water partition coefficient (Wildman–Crippen LogP) is 3.37. The van der Waals surface area contributed by atoms with Crippen LogP contribution in [0.5, 0.6) is 0 Å². The summed E-state index contributed by atoms with van der Waals surface area (Å²) in [6.45, 7) is 12.9. The van der Waals surface area contributed by atoms with Crippen molar-refractivity contribution in [2.45, 2.75) is 72.7 Å². The van der Waals surface area contributed by atoms with Gasteiger partial charge in [-0.3, -0.25) is 9.59 Å². The van der Waals surface area contributed by atoms with Crippen LogP contribution in [0, 0.1) is 10.8 Å². The number of ketones is 2. The fourth-order valence-electron chi connectivity index (χ4n) is 3.35. The van der Waals surface area contributed by atoms with Crippen molar-refractivity contribution in [3.8, 4) is 0 Å². The molecule has 0 aromatic rings. The van der Waals surface area contributed by atoms with Crippen LogP contribution in [-0.2, 0) is 24.1 Å². The Bertz CT molecular complexity index is 556. The maximum Gasteiger partial charge on any atom is 0.243 e. The molecule has 0 bridgehead atoms. The van der Waals surface area contributed by atoms with E-state index in [4.69, 9.17) is 14.5 Å². The molecule has 0 aromatic carbocycles. The Morgan fingerprint density at radius 3 is 2.22 bits per heavy atom. The first-order valence-electron chi connectivity index (χ1n) is 8.26. The molecule has 1 heterocycles. The number of hydrogen-bond acceptors (Lipinski definition) is 5. The van der Waals surface area contributed by atoms with Gasteiger partial charge in [-0.05, 0) is 54.0 Å². The molecule has 1 unspecified atom stereocenters. The van der Waals surface area contributed by atoms with E-state index in [1.807, 2.05) is 6.92 Å². The Hall–Kier alpha value is -1.04. The number of carbonyl (C=O) groups is 2. The second-order valence-corrected chi connectivity index (χ2v) is 8.05. The van der Waals surface area contributed by atoms with E-state index in [1.54, 1.807) is 47.6 Å². The van der Waals surface area contributed by atoms with Gasteiger partial charge >= 0.3 is 0 Å². The number of fused-ring (bicyclic) bond motifs is 1. The van der Waals surface area contributed by atoms with Crippen molar-refractivity contribution in [1.82, 2.24) is 0 Å². The fourth-order valence-corrected chi connectivity index (χ4v) is 3.35. The molecule has 5 nitrogen and oxygen atoms in total. The smallest absolute Gasteiger partial charge is 0.243 e. The van der Waals surface area contributed by atoms with E-state index >= 15 is 0 Å². The minimum atomic E-state index is -1.48. The number of rotatable bonds is 4. The summed E-state index contributed by atoms with van der Waals surface area (Å²) < 4.78 is 6.00. The summed E-state index contributed by atoms with van der Waals surface area (Å²) in [7, 11) is 0. The van der Waals surface area contributed by atoms with E-state index in [-0.39, 0.29) is 11.6 Å². The summed E-state index contributed by atoms with van der Waals surface area (Å²) in [5.74, 6) is -1.94. The molecule has 1 saturated carbocycles. The Morgan fingerprint density at radius 2 is 1.65 bits per heavy atom. The van der Waals surface area contributed by atoms with Crippen LogP contribution in [0.4, 0.5) is 0 Å². The maximum absolute atomic E-state index is 13.0. The van der Waals surface area contributed by atoms with Crippen molar-refractivity contribution in [1.29, 1.82) is 0 Å². The summed E-state index contributed by atoms with van der Waals surface area (Å²) in [5, 5.41) is 0. The standard InChI is InChI=1S/C18H28O5/c1-8-9-10-21-18-12(11-15(2,3)22-23-18)13(19)16(4,5)14(20)17(18,6)7/h11H,8-10H2,1-7H3.